The maximum Gasteiger partial charge on any atom is 0.224 e. The zero-order valence-corrected chi connectivity index (χ0v) is 19.4. The standard InChI is InChI=1S/C28H32N4O/c1-3-24-26(21-11-9-19(18-30)10-12-21)23-17-28(2,15-13-25(23)31-24)32-27(33)22(14-16-29)20-7-5-4-6-8-20/h4-7,9-13,15,20,22,31H,3,8,14,16-17,29H2,1-2H3,(H,32,33). The van der Waals surface area contributed by atoms with Gasteiger partial charge >= 0.3 is 0 Å². The summed E-state index contributed by atoms with van der Waals surface area (Å²) in [5.74, 6) is 0.101. The van der Waals surface area contributed by atoms with Crippen LogP contribution in [-0.4, -0.2) is 23.0 Å². The van der Waals surface area contributed by atoms with E-state index in [0.29, 0.717) is 24.9 Å². The summed E-state index contributed by atoms with van der Waals surface area (Å²) in [6.45, 7) is 4.71. The van der Waals surface area contributed by atoms with Gasteiger partial charge in [0.15, 0.2) is 0 Å². The van der Waals surface area contributed by atoms with Crippen molar-refractivity contribution in [2.24, 2.45) is 17.6 Å². The van der Waals surface area contributed by atoms with Crippen molar-refractivity contribution in [2.75, 3.05) is 6.54 Å². The number of hydrogen-bond donors (Lipinski definition) is 3. The molecule has 5 heteroatoms. The first-order valence-electron chi connectivity index (χ1n) is 11.8. The number of aromatic nitrogens is 1. The fourth-order valence-electron chi connectivity index (χ4n) is 5.04. The Bertz CT molecular complexity index is 1150. The number of allylic oxidation sites excluding steroid dienone is 4. The fraction of sp³-hybridized carbons (Fsp3) is 0.357. The van der Waals surface area contributed by atoms with Crippen molar-refractivity contribution in [2.45, 2.75) is 45.1 Å². The zero-order valence-electron chi connectivity index (χ0n) is 19.4. The molecule has 3 atom stereocenters. The van der Waals surface area contributed by atoms with Crippen molar-refractivity contribution >= 4 is 12.0 Å². The van der Waals surface area contributed by atoms with Crippen LogP contribution < -0.4 is 11.1 Å². The molecule has 0 saturated heterocycles. The molecule has 0 saturated carbocycles. The molecule has 4 rings (SSSR count). The van der Waals surface area contributed by atoms with Crippen molar-refractivity contribution in [1.29, 1.82) is 5.26 Å². The topological polar surface area (TPSA) is 94.7 Å². The second-order valence-electron chi connectivity index (χ2n) is 9.23. The number of carbonyl (C=O) groups excluding carboxylic acids is 1. The number of benzene rings is 1. The quantitative estimate of drug-likeness (QED) is 0.584. The van der Waals surface area contributed by atoms with Crippen LogP contribution in [0.15, 0.2) is 54.6 Å². The Morgan fingerprint density at radius 3 is 2.76 bits per heavy atom. The van der Waals surface area contributed by atoms with Gasteiger partial charge in [-0.3, -0.25) is 4.79 Å². The lowest BCUT2D eigenvalue weighted by Crippen LogP contribution is -2.50. The summed E-state index contributed by atoms with van der Waals surface area (Å²) >= 11 is 0. The average molecular weight is 441 g/mol. The van der Waals surface area contributed by atoms with E-state index >= 15 is 0 Å². The number of hydrogen-bond acceptors (Lipinski definition) is 3. The molecule has 2 aromatic rings. The van der Waals surface area contributed by atoms with Gasteiger partial charge in [-0.15, -0.1) is 0 Å². The third-order valence-corrected chi connectivity index (χ3v) is 6.79. The van der Waals surface area contributed by atoms with E-state index in [2.05, 4.69) is 54.5 Å². The predicted molar refractivity (Wildman–Crippen MR) is 133 cm³/mol. The van der Waals surface area contributed by atoms with Crippen LogP contribution in [0.1, 0.15) is 49.2 Å². The molecule has 1 heterocycles. The summed E-state index contributed by atoms with van der Waals surface area (Å²) in [4.78, 5) is 17.0. The van der Waals surface area contributed by atoms with Gasteiger partial charge in [0.25, 0.3) is 0 Å². The Kier molecular flexibility index (Phi) is 6.67. The highest BCUT2D eigenvalue weighted by Crippen LogP contribution is 2.37. The predicted octanol–water partition coefficient (Wildman–Crippen LogP) is 4.66. The molecule has 0 spiro atoms. The first-order chi connectivity index (χ1) is 16.0. The molecule has 0 fully saturated rings. The zero-order chi connectivity index (χ0) is 23.4. The molecule has 2 aliphatic carbocycles. The molecular formula is C28H32N4O. The third kappa shape index (κ3) is 4.72. The molecule has 0 aliphatic heterocycles. The number of fused-ring (bicyclic) bond motifs is 1. The van der Waals surface area contributed by atoms with Crippen LogP contribution in [0.25, 0.3) is 17.2 Å². The number of aromatic amines is 1. The molecule has 170 valence electrons. The van der Waals surface area contributed by atoms with Crippen molar-refractivity contribution < 1.29 is 4.79 Å². The number of carbonyl (C=O) groups is 1. The van der Waals surface area contributed by atoms with E-state index in [9.17, 15) is 4.79 Å². The minimum atomic E-state index is -0.486. The fourth-order valence-corrected chi connectivity index (χ4v) is 5.04. The SMILES string of the molecule is CCc1[nH]c2c(c1-c1ccc(C#N)cc1)CC(C)(NC(=O)C(CCN)C1C=CC=CC1)C=C2. The Morgan fingerprint density at radius 2 is 2.12 bits per heavy atom. The summed E-state index contributed by atoms with van der Waals surface area (Å²) in [5.41, 5.74) is 11.8. The lowest BCUT2D eigenvalue weighted by atomic mass is 9.81. The molecule has 1 aromatic heterocycles. The van der Waals surface area contributed by atoms with Crippen LogP contribution in [0, 0.1) is 23.2 Å². The van der Waals surface area contributed by atoms with Gasteiger partial charge in [0.05, 0.1) is 17.2 Å². The number of aryl methyl sites for hydroxylation is 1. The van der Waals surface area contributed by atoms with Crippen molar-refractivity contribution in [1.82, 2.24) is 10.3 Å². The summed E-state index contributed by atoms with van der Waals surface area (Å²) in [6.07, 6.45) is 15.6. The van der Waals surface area contributed by atoms with E-state index in [1.807, 2.05) is 36.4 Å². The lowest BCUT2D eigenvalue weighted by molar-refractivity contribution is -0.127. The van der Waals surface area contributed by atoms with Gasteiger partial charge in [-0.25, -0.2) is 0 Å². The number of H-pyrrole nitrogens is 1. The highest BCUT2D eigenvalue weighted by atomic mass is 16.2. The van der Waals surface area contributed by atoms with Crippen LogP contribution in [-0.2, 0) is 17.6 Å². The maximum absolute atomic E-state index is 13.4. The van der Waals surface area contributed by atoms with Crippen molar-refractivity contribution in [3.63, 3.8) is 0 Å². The van der Waals surface area contributed by atoms with Crippen LogP contribution in [0.2, 0.25) is 0 Å². The van der Waals surface area contributed by atoms with Crippen LogP contribution in [0.5, 0.6) is 0 Å². The number of nitriles is 1. The Balaban J connectivity index is 1.61. The molecule has 1 amide bonds. The number of nitrogens with zero attached hydrogens (tertiary/aromatic N) is 1. The van der Waals surface area contributed by atoms with Crippen molar-refractivity contribution in [3.05, 3.63) is 77.2 Å². The summed E-state index contributed by atoms with van der Waals surface area (Å²) in [7, 11) is 0. The largest absolute Gasteiger partial charge is 0.358 e. The smallest absolute Gasteiger partial charge is 0.224 e. The molecule has 0 bridgehead atoms. The van der Waals surface area contributed by atoms with E-state index in [1.165, 1.54) is 16.8 Å². The molecule has 33 heavy (non-hydrogen) atoms. The number of amides is 1. The Labute approximate surface area is 196 Å². The van der Waals surface area contributed by atoms with Crippen molar-refractivity contribution in [3.8, 4) is 17.2 Å². The molecule has 0 radical (unpaired) electrons. The van der Waals surface area contributed by atoms with Gasteiger partial charge in [0.2, 0.25) is 5.91 Å². The van der Waals surface area contributed by atoms with E-state index in [1.54, 1.807) is 0 Å². The maximum atomic E-state index is 13.4. The average Bonchev–Trinajstić information content (AvgIpc) is 3.20. The monoisotopic (exact) mass is 440 g/mol. The van der Waals surface area contributed by atoms with Gasteiger partial charge in [-0.2, -0.15) is 5.26 Å². The second kappa shape index (κ2) is 9.64. The van der Waals surface area contributed by atoms with Gasteiger partial charge < -0.3 is 16.0 Å². The van der Waals surface area contributed by atoms with Gasteiger partial charge in [-0.05, 0) is 68.0 Å². The van der Waals surface area contributed by atoms with E-state index in [4.69, 9.17) is 11.0 Å². The summed E-state index contributed by atoms with van der Waals surface area (Å²) in [6, 6.07) is 9.92. The molecule has 4 N–H and O–H groups in total. The first-order valence-corrected chi connectivity index (χ1v) is 11.8. The highest BCUT2D eigenvalue weighted by Gasteiger charge is 2.35. The molecule has 3 unspecified atom stereocenters. The molecule has 5 nitrogen and oxygen atoms in total. The van der Waals surface area contributed by atoms with E-state index < -0.39 is 5.54 Å². The van der Waals surface area contributed by atoms with Gasteiger partial charge in [0.1, 0.15) is 0 Å². The van der Waals surface area contributed by atoms with Gasteiger partial charge in [-0.1, -0.05) is 49.4 Å². The van der Waals surface area contributed by atoms with Crippen LogP contribution in [0.4, 0.5) is 0 Å². The second-order valence-corrected chi connectivity index (χ2v) is 9.23. The third-order valence-electron chi connectivity index (χ3n) is 6.79. The molecule has 2 aliphatic rings. The minimum absolute atomic E-state index is 0.0622. The molecular weight excluding hydrogens is 408 g/mol. The van der Waals surface area contributed by atoms with E-state index in [0.717, 1.165) is 24.1 Å². The Morgan fingerprint density at radius 1 is 1.33 bits per heavy atom. The molecule has 1 aromatic carbocycles. The Hall–Kier alpha value is -3.36. The number of rotatable bonds is 7. The lowest BCUT2D eigenvalue weighted by Gasteiger charge is -2.34. The van der Waals surface area contributed by atoms with Crippen LogP contribution >= 0.6 is 0 Å². The summed E-state index contributed by atoms with van der Waals surface area (Å²) < 4.78 is 0. The number of nitrogens with one attached hydrogen (secondary N) is 2. The van der Waals surface area contributed by atoms with E-state index in [-0.39, 0.29) is 17.7 Å². The van der Waals surface area contributed by atoms with Crippen LogP contribution in [0.3, 0.4) is 0 Å². The normalized spacial score (nSPS) is 21.9. The number of nitrogens with two attached hydrogens (primary N) is 1. The van der Waals surface area contributed by atoms with Gasteiger partial charge in [0, 0.05) is 29.3 Å². The summed E-state index contributed by atoms with van der Waals surface area (Å²) in [5, 5.41) is 12.5. The first kappa shape index (κ1) is 22.8. The minimum Gasteiger partial charge on any atom is -0.358 e. The highest BCUT2D eigenvalue weighted by molar-refractivity contribution is 5.82.